The molecule has 1 aromatic carbocycles. The van der Waals surface area contributed by atoms with E-state index in [0.29, 0.717) is 5.92 Å². The highest BCUT2D eigenvalue weighted by Crippen LogP contribution is 2.49. The standard InChI is InChI=1S/C17H24N2O2/c1-11(16-9-12-6-7-13(16)8-12)18-17(20)19-14-4-3-5-15(10-14)21-2/h3-5,10-13,16H,6-9H2,1-2H3,(H2,18,19,20)/t11-,12-,13-,16+/m1/s1. The zero-order valence-corrected chi connectivity index (χ0v) is 12.8. The second-order valence-corrected chi connectivity index (χ2v) is 6.46. The molecule has 1 aromatic rings. The second-order valence-electron chi connectivity index (χ2n) is 6.46. The van der Waals surface area contributed by atoms with Gasteiger partial charge in [-0.2, -0.15) is 0 Å². The van der Waals surface area contributed by atoms with Crippen molar-refractivity contribution < 1.29 is 9.53 Å². The first-order valence-corrected chi connectivity index (χ1v) is 7.87. The minimum absolute atomic E-state index is 0.126. The Morgan fingerprint density at radius 3 is 2.86 bits per heavy atom. The van der Waals surface area contributed by atoms with Crippen molar-refractivity contribution in [3.05, 3.63) is 24.3 Å². The molecule has 2 fully saturated rings. The van der Waals surface area contributed by atoms with Gasteiger partial charge >= 0.3 is 6.03 Å². The van der Waals surface area contributed by atoms with Crippen molar-refractivity contribution in [1.82, 2.24) is 5.32 Å². The Morgan fingerprint density at radius 1 is 1.33 bits per heavy atom. The molecule has 4 atom stereocenters. The van der Waals surface area contributed by atoms with Gasteiger partial charge in [0.1, 0.15) is 5.75 Å². The maximum atomic E-state index is 12.1. The zero-order chi connectivity index (χ0) is 14.8. The summed E-state index contributed by atoms with van der Waals surface area (Å²) >= 11 is 0. The average Bonchev–Trinajstić information content (AvgIpc) is 3.10. The molecule has 3 rings (SSSR count). The van der Waals surface area contributed by atoms with Crippen LogP contribution in [0.5, 0.6) is 5.75 Å². The number of anilines is 1. The first-order valence-electron chi connectivity index (χ1n) is 7.87. The summed E-state index contributed by atoms with van der Waals surface area (Å²) in [6, 6.07) is 7.53. The third-order valence-electron chi connectivity index (χ3n) is 5.12. The number of nitrogens with one attached hydrogen (secondary N) is 2. The van der Waals surface area contributed by atoms with Crippen molar-refractivity contribution in [3.8, 4) is 5.75 Å². The first kappa shape index (κ1) is 14.2. The van der Waals surface area contributed by atoms with Gasteiger partial charge in [0.15, 0.2) is 0 Å². The summed E-state index contributed by atoms with van der Waals surface area (Å²) in [6.07, 6.45) is 5.39. The number of benzene rings is 1. The van der Waals surface area contributed by atoms with E-state index in [1.165, 1.54) is 25.7 Å². The van der Waals surface area contributed by atoms with Crippen molar-refractivity contribution in [2.45, 2.75) is 38.6 Å². The number of amides is 2. The molecule has 4 heteroatoms. The Kier molecular flexibility index (Phi) is 4.04. The molecule has 2 bridgehead atoms. The number of rotatable bonds is 4. The quantitative estimate of drug-likeness (QED) is 0.888. The fraction of sp³-hybridized carbons (Fsp3) is 0.588. The van der Waals surface area contributed by atoms with Gasteiger partial charge in [0.05, 0.1) is 7.11 Å². The first-order chi connectivity index (χ1) is 10.2. The van der Waals surface area contributed by atoms with E-state index < -0.39 is 0 Å². The van der Waals surface area contributed by atoms with Crippen molar-refractivity contribution in [2.75, 3.05) is 12.4 Å². The van der Waals surface area contributed by atoms with Crippen LogP contribution in [0.15, 0.2) is 24.3 Å². The number of urea groups is 1. The SMILES string of the molecule is COc1cccc(NC(=O)N[C@H](C)[C@@H]2C[C@@H]3CC[C@@H]2C3)c1. The third kappa shape index (κ3) is 3.14. The number of ether oxygens (including phenoxy) is 1. The summed E-state index contributed by atoms with van der Waals surface area (Å²) in [5, 5.41) is 5.99. The molecule has 0 saturated heterocycles. The lowest BCUT2D eigenvalue weighted by Crippen LogP contribution is -2.42. The lowest BCUT2D eigenvalue weighted by Gasteiger charge is -2.28. The van der Waals surface area contributed by atoms with Crippen molar-refractivity contribution >= 4 is 11.7 Å². The Hall–Kier alpha value is -1.71. The molecular weight excluding hydrogens is 264 g/mol. The predicted octanol–water partition coefficient (Wildman–Crippen LogP) is 3.64. The molecule has 0 unspecified atom stereocenters. The van der Waals surface area contributed by atoms with Gasteiger partial charge in [0.25, 0.3) is 0 Å². The van der Waals surface area contributed by atoms with Gasteiger partial charge in [0, 0.05) is 17.8 Å². The largest absolute Gasteiger partial charge is 0.497 e. The molecule has 2 aliphatic carbocycles. The molecule has 2 amide bonds. The number of carbonyl (C=O) groups excluding carboxylic acids is 1. The van der Waals surface area contributed by atoms with Crippen molar-refractivity contribution in [2.24, 2.45) is 17.8 Å². The van der Waals surface area contributed by atoms with Crippen LogP contribution in [0.2, 0.25) is 0 Å². The van der Waals surface area contributed by atoms with Crippen LogP contribution in [0.25, 0.3) is 0 Å². The van der Waals surface area contributed by atoms with E-state index >= 15 is 0 Å². The van der Waals surface area contributed by atoms with Crippen molar-refractivity contribution in [3.63, 3.8) is 0 Å². The number of carbonyl (C=O) groups is 1. The second kappa shape index (κ2) is 5.96. The van der Waals surface area contributed by atoms with Gasteiger partial charge in [-0.25, -0.2) is 4.79 Å². The Labute approximate surface area is 126 Å². The average molecular weight is 288 g/mol. The molecule has 0 aromatic heterocycles. The summed E-state index contributed by atoms with van der Waals surface area (Å²) in [5.41, 5.74) is 0.756. The van der Waals surface area contributed by atoms with E-state index in [0.717, 1.165) is 23.3 Å². The summed E-state index contributed by atoms with van der Waals surface area (Å²) in [7, 11) is 1.62. The highest BCUT2D eigenvalue weighted by atomic mass is 16.5. The molecule has 21 heavy (non-hydrogen) atoms. The smallest absolute Gasteiger partial charge is 0.319 e. The highest BCUT2D eigenvalue weighted by Gasteiger charge is 2.42. The molecule has 0 spiro atoms. The van der Waals surface area contributed by atoms with E-state index in [-0.39, 0.29) is 12.1 Å². The molecule has 114 valence electrons. The van der Waals surface area contributed by atoms with Gasteiger partial charge < -0.3 is 15.4 Å². The highest BCUT2D eigenvalue weighted by molar-refractivity contribution is 5.89. The lowest BCUT2D eigenvalue weighted by atomic mass is 9.84. The van der Waals surface area contributed by atoms with Crippen LogP contribution in [0, 0.1) is 17.8 Å². The van der Waals surface area contributed by atoms with E-state index in [9.17, 15) is 4.79 Å². The monoisotopic (exact) mass is 288 g/mol. The number of hydrogen-bond donors (Lipinski definition) is 2. The number of hydrogen-bond acceptors (Lipinski definition) is 2. The van der Waals surface area contributed by atoms with E-state index in [2.05, 4.69) is 17.6 Å². The van der Waals surface area contributed by atoms with E-state index in [1.54, 1.807) is 7.11 Å². The van der Waals surface area contributed by atoms with Crippen molar-refractivity contribution in [1.29, 1.82) is 0 Å². The van der Waals surface area contributed by atoms with E-state index in [4.69, 9.17) is 4.74 Å². The Balaban J connectivity index is 1.53. The molecule has 0 aliphatic heterocycles. The predicted molar refractivity (Wildman–Crippen MR) is 83.5 cm³/mol. The van der Waals surface area contributed by atoms with Crippen LogP contribution in [0.1, 0.15) is 32.6 Å². The van der Waals surface area contributed by atoms with Crippen LogP contribution in [-0.4, -0.2) is 19.2 Å². The molecule has 2 saturated carbocycles. The topological polar surface area (TPSA) is 50.4 Å². The van der Waals surface area contributed by atoms with Crippen LogP contribution >= 0.6 is 0 Å². The van der Waals surface area contributed by atoms with Crippen LogP contribution < -0.4 is 15.4 Å². The maximum absolute atomic E-state index is 12.1. The van der Waals surface area contributed by atoms with Gasteiger partial charge in [-0.1, -0.05) is 12.5 Å². The number of methoxy groups -OCH3 is 1. The third-order valence-corrected chi connectivity index (χ3v) is 5.12. The Morgan fingerprint density at radius 2 is 2.19 bits per heavy atom. The van der Waals surface area contributed by atoms with Crippen LogP contribution in [-0.2, 0) is 0 Å². The van der Waals surface area contributed by atoms with Gasteiger partial charge in [-0.05, 0) is 56.1 Å². The maximum Gasteiger partial charge on any atom is 0.319 e. The molecule has 2 aliphatic rings. The molecular formula is C17H24N2O2. The fourth-order valence-electron chi connectivity index (χ4n) is 4.09. The normalized spacial score (nSPS) is 28.2. The lowest BCUT2D eigenvalue weighted by molar-refractivity contribution is 0.230. The molecule has 4 nitrogen and oxygen atoms in total. The van der Waals surface area contributed by atoms with Gasteiger partial charge in [-0.3, -0.25) is 0 Å². The number of fused-ring (bicyclic) bond motifs is 2. The molecule has 2 N–H and O–H groups in total. The summed E-state index contributed by atoms with van der Waals surface area (Å²) in [4.78, 5) is 12.1. The molecule has 0 radical (unpaired) electrons. The molecule has 0 heterocycles. The Bertz CT molecular complexity index is 517. The zero-order valence-electron chi connectivity index (χ0n) is 12.8. The van der Waals surface area contributed by atoms with E-state index in [1.807, 2.05) is 24.3 Å². The summed E-state index contributed by atoms with van der Waals surface area (Å²) in [6.45, 7) is 2.14. The fourth-order valence-corrected chi connectivity index (χ4v) is 4.09. The van der Waals surface area contributed by atoms with Crippen LogP contribution in [0.4, 0.5) is 10.5 Å². The minimum atomic E-state index is -0.126. The summed E-state index contributed by atoms with van der Waals surface area (Å²) < 4.78 is 5.16. The summed E-state index contributed by atoms with van der Waals surface area (Å²) in [5.74, 6) is 3.13. The van der Waals surface area contributed by atoms with Crippen LogP contribution in [0.3, 0.4) is 0 Å². The van der Waals surface area contributed by atoms with Gasteiger partial charge in [-0.15, -0.1) is 0 Å². The van der Waals surface area contributed by atoms with Gasteiger partial charge in [0.2, 0.25) is 0 Å². The minimum Gasteiger partial charge on any atom is -0.497 e.